The molecule has 0 aliphatic heterocycles. The summed E-state index contributed by atoms with van der Waals surface area (Å²) in [5.74, 6) is 1.26. The number of hydrogen-bond donors (Lipinski definition) is 1. The first kappa shape index (κ1) is 11.7. The summed E-state index contributed by atoms with van der Waals surface area (Å²) < 4.78 is 0. The Labute approximate surface area is 98.5 Å². The van der Waals surface area contributed by atoms with Gasteiger partial charge in [0.15, 0.2) is 0 Å². The molecule has 1 aromatic carbocycles. The summed E-state index contributed by atoms with van der Waals surface area (Å²) in [6.45, 7) is 4.44. The maximum absolute atomic E-state index is 10.4. The van der Waals surface area contributed by atoms with Gasteiger partial charge in [0.25, 0.3) is 0 Å². The SMILES string of the molecule is CCc1cccc(C(O)C2CCC(C)C2)c1. The van der Waals surface area contributed by atoms with Gasteiger partial charge in [0.05, 0.1) is 6.10 Å². The van der Waals surface area contributed by atoms with Gasteiger partial charge in [-0.1, -0.05) is 44.5 Å². The lowest BCUT2D eigenvalue weighted by molar-refractivity contribution is 0.109. The molecule has 16 heavy (non-hydrogen) atoms. The largest absolute Gasteiger partial charge is 0.388 e. The molecule has 1 aliphatic rings. The molecular formula is C15H22O. The zero-order valence-corrected chi connectivity index (χ0v) is 10.3. The number of hydrogen-bond acceptors (Lipinski definition) is 1. The van der Waals surface area contributed by atoms with Crippen LogP contribution in [-0.2, 0) is 6.42 Å². The van der Waals surface area contributed by atoms with Gasteiger partial charge in [0.1, 0.15) is 0 Å². The van der Waals surface area contributed by atoms with Crippen molar-refractivity contribution in [3.8, 4) is 0 Å². The average Bonchev–Trinajstić information content (AvgIpc) is 2.75. The quantitative estimate of drug-likeness (QED) is 0.819. The van der Waals surface area contributed by atoms with E-state index >= 15 is 0 Å². The van der Waals surface area contributed by atoms with Gasteiger partial charge in [0.2, 0.25) is 0 Å². The molecule has 3 unspecified atom stereocenters. The Hall–Kier alpha value is -0.820. The van der Waals surface area contributed by atoms with Crippen molar-refractivity contribution in [3.63, 3.8) is 0 Å². The van der Waals surface area contributed by atoms with Crippen LogP contribution in [0.4, 0.5) is 0 Å². The van der Waals surface area contributed by atoms with Crippen molar-refractivity contribution in [2.75, 3.05) is 0 Å². The fourth-order valence-electron chi connectivity index (χ4n) is 2.81. The minimum atomic E-state index is -0.253. The minimum Gasteiger partial charge on any atom is -0.388 e. The van der Waals surface area contributed by atoms with Crippen LogP contribution in [0.5, 0.6) is 0 Å². The molecule has 0 bridgehead atoms. The van der Waals surface area contributed by atoms with Crippen molar-refractivity contribution in [3.05, 3.63) is 35.4 Å². The highest BCUT2D eigenvalue weighted by Crippen LogP contribution is 2.38. The van der Waals surface area contributed by atoms with Crippen LogP contribution in [0.2, 0.25) is 0 Å². The normalized spacial score (nSPS) is 26.9. The van der Waals surface area contributed by atoms with Gasteiger partial charge in [-0.05, 0) is 42.2 Å². The van der Waals surface area contributed by atoms with Crippen LogP contribution >= 0.6 is 0 Å². The van der Waals surface area contributed by atoms with E-state index in [0.29, 0.717) is 5.92 Å². The zero-order chi connectivity index (χ0) is 11.5. The van der Waals surface area contributed by atoms with Gasteiger partial charge in [0, 0.05) is 0 Å². The van der Waals surface area contributed by atoms with Crippen LogP contribution in [0.3, 0.4) is 0 Å². The lowest BCUT2D eigenvalue weighted by atomic mass is 9.92. The highest BCUT2D eigenvalue weighted by molar-refractivity contribution is 5.25. The molecule has 1 N–H and O–H groups in total. The summed E-state index contributed by atoms with van der Waals surface area (Å²) in [7, 11) is 0. The van der Waals surface area contributed by atoms with E-state index in [1.807, 2.05) is 0 Å². The van der Waals surface area contributed by atoms with Gasteiger partial charge in [-0.15, -0.1) is 0 Å². The van der Waals surface area contributed by atoms with Crippen LogP contribution in [0.15, 0.2) is 24.3 Å². The topological polar surface area (TPSA) is 20.2 Å². The standard InChI is InChI=1S/C15H22O/c1-3-12-5-4-6-13(10-12)15(16)14-8-7-11(2)9-14/h4-6,10-11,14-16H,3,7-9H2,1-2H3. The summed E-state index contributed by atoms with van der Waals surface area (Å²) >= 11 is 0. The fraction of sp³-hybridized carbons (Fsp3) is 0.600. The Kier molecular flexibility index (Phi) is 3.65. The predicted molar refractivity (Wildman–Crippen MR) is 67.3 cm³/mol. The average molecular weight is 218 g/mol. The monoisotopic (exact) mass is 218 g/mol. The zero-order valence-electron chi connectivity index (χ0n) is 10.3. The number of rotatable bonds is 3. The van der Waals surface area contributed by atoms with E-state index in [9.17, 15) is 5.11 Å². The predicted octanol–water partition coefficient (Wildman–Crippen LogP) is 3.72. The molecule has 0 heterocycles. The number of benzene rings is 1. The van der Waals surface area contributed by atoms with Crippen molar-refractivity contribution in [2.45, 2.75) is 45.6 Å². The third-order valence-electron chi connectivity index (χ3n) is 3.88. The van der Waals surface area contributed by atoms with Gasteiger partial charge < -0.3 is 5.11 Å². The van der Waals surface area contributed by atoms with Crippen molar-refractivity contribution in [1.29, 1.82) is 0 Å². The van der Waals surface area contributed by atoms with Crippen LogP contribution in [-0.4, -0.2) is 5.11 Å². The van der Waals surface area contributed by atoms with Crippen molar-refractivity contribution in [2.24, 2.45) is 11.8 Å². The molecule has 0 amide bonds. The highest BCUT2D eigenvalue weighted by Gasteiger charge is 2.28. The van der Waals surface area contributed by atoms with Gasteiger partial charge in [-0.2, -0.15) is 0 Å². The second kappa shape index (κ2) is 5.01. The molecule has 3 atom stereocenters. The first-order valence-corrected chi connectivity index (χ1v) is 6.47. The Morgan fingerprint density at radius 3 is 2.81 bits per heavy atom. The van der Waals surface area contributed by atoms with E-state index in [1.54, 1.807) is 0 Å². The van der Waals surface area contributed by atoms with Crippen LogP contribution in [0.1, 0.15) is 50.3 Å². The third kappa shape index (κ3) is 2.46. The molecule has 0 aromatic heterocycles. The van der Waals surface area contributed by atoms with E-state index < -0.39 is 0 Å². The fourth-order valence-corrected chi connectivity index (χ4v) is 2.81. The van der Waals surface area contributed by atoms with Gasteiger partial charge >= 0.3 is 0 Å². The molecule has 1 aromatic rings. The molecule has 0 radical (unpaired) electrons. The molecule has 1 aliphatic carbocycles. The molecule has 88 valence electrons. The molecule has 0 saturated heterocycles. The van der Waals surface area contributed by atoms with Crippen LogP contribution in [0, 0.1) is 11.8 Å². The Morgan fingerprint density at radius 1 is 1.38 bits per heavy atom. The molecule has 1 heteroatoms. The lowest BCUT2D eigenvalue weighted by Crippen LogP contribution is -2.09. The Morgan fingerprint density at radius 2 is 2.19 bits per heavy atom. The maximum atomic E-state index is 10.4. The van der Waals surface area contributed by atoms with E-state index in [-0.39, 0.29) is 6.10 Å². The number of aliphatic hydroxyl groups excluding tert-OH is 1. The second-order valence-corrected chi connectivity index (χ2v) is 5.22. The first-order chi connectivity index (χ1) is 7.70. The summed E-state index contributed by atoms with van der Waals surface area (Å²) in [4.78, 5) is 0. The lowest BCUT2D eigenvalue weighted by Gasteiger charge is -2.19. The molecule has 1 saturated carbocycles. The maximum Gasteiger partial charge on any atom is 0.0818 e. The smallest absolute Gasteiger partial charge is 0.0818 e. The highest BCUT2D eigenvalue weighted by atomic mass is 16.3. The number of aliphatic hydroxyl groups is 1. The van der Waals surface area contributed by atoms with E-state index in [2.05, 4.69) is 38.1 Å². The number of aryl methyl sites for hydroxylation is 1. The third-order valence-corrected chi connectivity index (χ3v) is 3.88. The molecule has 2 rings (SSSR count). The second-order valence-electron chi connectivity index (χ2n) is 5.22. The van der Waals surface area contributed by atoms with E-state index in [0.717, 1.165) is 17.9 Å². The summed E-state index contributed by atoms with van der Waals surface area (Å²) in [6.07, 6.45) is 4.42. The summed E-state index contributed by atoms with van der Waals surface area (Å²) in [6, 6.07) is 8.42. The van der Waals surface area contributed by atoms with E-state index in [4.69, 9.17) is 0 Å². The summed E-state index contributed by atoms with van der Waals surface area (Å²) in [5, 5.41) is 10.4. The van der Waals surface area contributed by atoms with Gasteiger partial charge in [-0.3, -0.25) is 0 Å². The molecule has 0 spiro atoms. The molecular weight excluding hydrogens is 196 g/mol. The summed E-state index contributed by atoms with van der Waals surface area (Å²) in [5.41, 5.74) is 2.43. The van der Waals surface area contributed by atoms with Crippen molar-refractivity contribution in [1.82, 2.24) is 0 Å². The Balaban J connectivity index is 2.10. The van der Waals surface area contributed by atoms with Crippen molar-refractivity contribution < 1.29 is 5.11 Å². The molecule has 1 nitrogen and oxygen atoms in total. The molecule has 1 fully saturated rings. The van der Waals surface area contributed by atoms with Crippen LogP contribution < -0.4 is 0 Å². The van der Waals surface area contributed by atoms with Crippen molar-refractivity contribution >= 4 is 0 Å². The first-order valence-electron chi connectivity index (χ1n) is 6.47. The Bertz CT molecular complexity index is 345. The minimum absolute atomic E-state index is 0.253. The van der Waals surface area contributed by atoms with Crippen LogP contribution in [0.25, 0.3) is 0 Å². The van der Waals surface area contributed by atoms with E-state index in [1.165, 1.54) is 24.8 Å². The van der Waals surface area contributed by atoms with Gasteiger partial charge in [-0.25, -0.2) is 0 Å².